The van der Waals surface area contributed by atoms with E-state index in [-0.39, 0.29) is 24.3 Å². The molecule has 0 radical (unpaired) electrons. The molecule has 1 amide bonds. The van der Waals surface area contributed by atoms with Gasteiger partial charge in [0.2, 0.25) is 5.91 Å². The zero-order valence-electron chi connectivity index (χ0n) is 13.3. The molecule has 1 aromatic rings. The average Bonchev–Trinajstić information content (AvgIpc) is 2.46. The molecule has 0 spiro atoms. The Morgan fingerprint density at radius 2 is 1.82 bits per heavy atom. The molecule has 0 aliphatic carbocycles. The van der Waals surface area contributed by atoms with E-state index in [1.807, 2.05) is 26.0 Å². The maximum Gasteiger partial charge on any atom is 0.337 e. The highest BCUT2D eigenvalue weighted by Crippen LogP contribution is 2.06. The van der Waals surface area contributed by atoms with Crippen LogP contribution in [0.5, 0.6) is 0 Å². The molecule has 124 valence electrons. The highest BCUT2D eigenvalue weighted by Gasteiger charge is 2.14. The van der Waals surface area contributed by atoms with Crippen molar-refractivity contribution in [3.8, 4) is 0 Å². The van der Waals surface area contributed by atoms with Crippen LogP contribution in [-0.4, -0.2) is 31.6 Å². The Hall–Kier alpha value is -1.59. The number of amides is 1. The predicted octanol–water partition coefficient (Wildman–Crippen LogP) is 1.93. The number of ether oxygens (including phenoxy) is 1. The van der Waals surface area contributed by atoms with Gasteiger partial charge in [-0.2, -0.15) is 0 Å². The molecule has 0 aliphatic rings. The largest absolute Gasteiger partial charge is 0.465 e. The van der Waals surface area contributed by atoms with E-state index in [0.29, 0.717) is 30.9 Å². The normalized spacial score (nSPS) is 11.5. The van der Waals surface area contributed by atoms with Gasteiger partial charge in [-0.15, -0.1) is 12.4 Å². The SMILES string of the molecule is COC(=O)c1ccc(CCNC(=O)[C@@H](N)CC(C)C)cc1.Cl. The Morgan fingerprint density at radius 1 is 1.23 bits per heavy atom. The number of esters is 1. The minimum atomic E-state index is -0.452. The fourth-order valence-corrected chi connectivity index (χ4v) is 2.00. The summed E-state index contributed by atoms with van der Waals surface area (Å²) in [6.07, 6.45) is 1.38. The topological polar surface area (TPSA) is 81.4 Å². The summed E-state index contributed by atoms with van der Waals surface area (Å²) in [4.78, 5) is 23.1. The van der Waals surface area contributed by atoms with Crippen molar-refractivity contribution >= 4 is 24.3 Å². The molecule has 3 N–H and O–H groups in total. The molecule has 0 unspecified atom stereocenters. The Kier molecular flexibility index (Phi) is 9.45. The number of carbonyl (C=O) groups excluding carboxylic acids is 2. The van der Waals surface area contributed by atoms with E-state index in [0.717, 1.165) is 5.56 Å². The maximum absolute atomic E-state index is 11.8. The molecule has 1 atom stereocenters. The standard InChI is InChI=1S/C16H24N2O3.ClH/c1-11(2)10-14(17)15(19)18-9-8-12-4-6-13(7-5-12)16(20)21-3;/h4-7,11,14H,8-10,17H2,1-3H3,(H,18,19);1H/t14-;/m0./s1. The summed E-state index contributed by atoms with van der Waals surface area (Å²) in [6, 6.07) is 6.69. The van der Waals surface area contributed by atoms with Crippen molar-refractivity contribution in [2.45, 2.75) is 32.7 Å². The number of halogens is 1. The summed E-state index contributed by atoms with van der Waals surface area (Å²) in [6.45, 7) is 4.61. The first kappa shape index (κ1) is 20.4. The van der Waals surface area contributed by atoms with Gasteiger partial charge in [0.25, 0.3) is 0 Å². The molecule has 1 aromatic carbocycles. The first-order chi connectivity index (χ1) is 9.93. The lowest BCUT2D eigenvalue weighted by atomic mass is 10.0. The molecular formula is C16H25ClN2O3. The number of carbonyl (C=O) groups is 2. The van der Waals surface area contributed by atoms with E-state index in [1.165, 1.54) is 7.11 Å². The molecule has 0 saturated carbocycles. The highest BCUT2D eigenvalue weighted by molar-refractivity contribution is 5.89. The molecule has 0 aliphatic heterocycles. The highest BCUT2D eigenvalue weighted by atomic mass is 35.5. The fourth-order valence-electron chi connectivity index (χ4n) is 2.00. The van der Waals surface area contributed by atoms with E-state index in [9.17, 15) is 9.59 Å². The van der Waals surface area contributed by atoms with Crippen LogP contribution in [0.2, 0.25) is 0 Å². The number of benzene rings is 1. The van der Waals surface area contributed by atoms with Crippen molar-refractivity contribution in [1.82, 2.24) is 5.32 Å². The second-order valence-corrected chi connectivity index (χ2v) is 5.47. The van der Waals surface area contributed by atoms with Gasteiger partial charge in [-0.25, -0.2) is 4.79 Å². The Morgan fingerprint density at radius 3 is 2.32 bits per heavy atom. The Bertz CT molecular complexity index is 475. The van der Waals surface area contributed by atoms with Crippen LogP contribution in [0.25, 0.3) is 0 Å². The summed E-state index contributed by atoms with van der Waals surface area (Å²) in [5.74, 6) is -0.0685. The first-order valence-electron chi connectivity index (χ1n) is 7.14. The number of methoxy groups -OCH3 is 1. The van der Waals surface area contributed by atoms with Crippen LogP contribution in [0.1, 0.15) is 36.2 Å². The number of hydrogen-bond donors (Lipinski definition) is 2. The molecule has 1 rings (SSSR count). The monoisotopic (exact) mass is 328 g/mol. The van der Waals surface area contributed by atoms with Crippen molar-refractivity contribution in [3.05, 3.63) is 35.4 Å². The lowest BCUT2D eigenvalue weighted by molar-refractivity contribution is -0.122. The van der Waals surface area contributed by atoms with E-state index in [2.05, 4.69) is 10.1 Å². The summed E-state index contributed by atoms with van der Waals surface area (Å²) in [5, 5.41) is 2.83. The third-order valence-corrected chi connectivity index (χ3v) is 3.15. The number of rotatable bonds is 7. The van der Waals surface area contributed by atoms with Crippen molar-refractivity contribution in [1.29, 1.82) is 0 Å². The zero-order chi connectivity index (χ0) is 15.8. The molecule has 0 fully saturated rings. The smallest absolute Gasteiger partial charge is 0.337 e. The van der Waals surface area contributed by atoms with Gasteiger partial charge in [-0.1, -0.05) is 26.0 Å². The third kappa shape index (κ3) is 6.91. The minimum Gasteiger partial charge on any atom is -0.465 e. The van der Waals surface area contributed by atoms with E-state index in [1.54, 1.807) is 12.1 Å². The zero-order valence-corrected chi connectivity index (χ0v) is 14.1. The average molecular weight is 329 g/mol. The van der Waals surface area contributed by atoms with Crippen LogP contribution in [0.15, 0.2) is 24.3 Å². The van der Waals surface area contributed by atoms with Gasteiger partial charge in [0.05, 0.1) is 18.7 Å². The Balaban J connectivity index is 0.00000441. The van der Waals surface area contributed by atoms with Crippen molar-refractivity contribution in [3.63, 3.8) is 0 Å². The van der Waals surface area contributed by atoms with E-state index in [4.69, 9.17) is 5.73 Å². The van der Waals surface area contributed by atoms with Gasteiger partial charge in [-0.05, 0) is 36.5 Å². The van der Waals surface area contributed by atoms with Gasteiger partial charge in [0.15, 0.2) is 0 Å². The molecule has 0 saturated heterocycles. The predicted molar refractivity (Wildman–Crippen MR) is 89.2 cm³/mol. The van der Waals surface area contributed by atoms with Crippen molar-refractivity contribution in [2.75, 3.05) is 13.7 Å². The quantitative estimate of drug-likeness (QED) is 0.749. The minimum absolute atomic E-state index is 0. The van der Waals surface area contributed by atoms with Crippen LogP contribution < -0.4 is 11.1 Å². The Labute approximate surface area is 138 Å². The van der Waals surface area contributed by atoms with Crippen LogP contribution in [0.3, 0.4) is 0 Å². The number of hydrogen-bond acceptors (Lipinski definition) is 4. The van der Waals surface area contributed by atoms with Crippen molar-refractivity contribution < 1.29 is 14.3 Å². The lowest BCUT2D eigenvalue weighted by Gasteiger charge is -2.14. The molecule has 6 heteroatoms. The van der Waals surface area contributed by atoms with Crippen molar-refractivity contribution in [2.24, 2.45) is 11.7 Å². The van der Waals surface area contributed by atoms with Crippen LogP contribution in [0.4, 0.5) is 0 Å². The summed E-state index contributed by atoms with van der Waals surface area (Å²) in [7, 11) is 1.35. The lowest BCUT2D eigenvalue weighted by Crippen LogP contribution is -2.42. The van der Waals surface area contributed by atoms with Gasteiger partial charge < -0.3 is 15.8 Å². The maximum atomic E-state index is 11.8. The van der Waals surface area contributed by atoms with Crippen LogP contribution in [-0.2, 0) is 16.0 Å². The summed E-state index contributed by atoms with van der Waals surface area (Å²) >= 11 is 0. The molecule has 5 nitrogen and oxygen atoms in total. The van der Waals surface area contributed by atoms with Crippen LogP contribution >= 0.6 is 12.4 Å². The van der Waals surface area contributed by atoms with Gasteiger partial charge >= 0.3 is 5.97 Å². The second-order valence-electron chi connectivity index (χ2n) is 5.47. The second kappa shape index (κ2) is 10.2. The molecule has 0 bridgehead atoms. The van der Waals surface area contributed by atoms with Gasteiger partial charge in [0.1, 0.15) is 0 Å². The van der Waals surface area contributed by atoms with Crippen LogP contribution in [0, 0.1) is 5.92 Å². The van der Waals surface area contributed by atoms with E-state index < -0.39 is 6.04 Å². The summed E-state index contributed by atoms with van der Waals surface area (Å²) in [5.41, 5.74) is 7.36. The molecule has 0 aromatic heterocycles. The molecule has 22 heavy (non-hydrogen) atoms. The molecular weight excluding hydrogens is 304 g/mol. The van der Waals surface area contributed by atoms with E-state index >= 15 is 0 Å². The fraction of sp³-hybridized carbons (Fsp3) is 0.500. The number of nitrogens with two attached hydrogens (primary N) is 1. The first-order valence-corrected chi connectivity index (χ1v) is 7.14. The third-order valence-electron chi connectivity index (χ3n) is 3.15. The van der Waals surface area contributed by atoms with Gasteiger partial charge in [0, 0.05) is 6.54 Å². The molecule has 0 heterocycles. The summed E-state index contributed by atoms with van der Waals surface area (Å²) < 4.78 is 4.64. The van der Waals surface area contributed by atoms with Gasteiger partial charge in [-0.3, -0.25) is 4.79 Å². The number of nitrogens with one attached hydrogen (secondary N) is 1.